The molecule has 0 atom stereocenters. The van der Waals surface area contributed by atoms with Crippen LogP contribution in [0.5, 0.6) is 0 Å². The van der Waals surface area contributed by atoms with E-state index in [0.29, 0.717) is 0 Å². The van der Waals surface area contributed by atoms with Gasteiger partial charge in [0.05, 0.1) is 5.82 Å². The molecular weight excluding hydrogens is 330 g/mol. The minimum absolute atomic E-state index is 0. The third-order valence-corrected chi connectivity index (χ3v) is 1.35. The summed E-state index contributed by atoms with van der Waals surface area (Å²) < 4.78 is 1.74. The van der Waals surface area contributed by atoms with Gasteiger partial charge >= 0.3 is 0 Å². The average molecular weight is 336 g/mol. The van der Waals surface area contributed by atoms with Crippen LogP contribution in [-0.4, -0.2) is 14.5 Å². The fraction of sp³-hybridized carbons (Fsp3) is 0. The van der Waals surface area contributed by atoms with Crippen molar-refractivity contribution >= 4 is 0 Å². The van der Waals surface area contributed by atoms with E-state index in [0.717, 1.165) is 5.82 Å². The van der Waals surface area contributed by atoms with Crippen molar-refractivity contribution in [2.24, 2.45) is 0 Å². The first kappa shape index (κ1) is 9.10. The van der Waals surface area contributed by atoms with E-state index in [4.69, 9.17) is 0 Å². The summed E-state index contributed by atoms with van der Waals surface area (Å²) in [6.45, 7) is 0. The molecule has 0 aliphatic carbocycles. The quantitative estimate of drug-likeness (QED) is 0.730. The van der Waals surface area contributed by atoms with E-state index in [1.807, 2.05) is 24.4 Å². The molecular formula is C8H6IrN3-. The molecule has 0 aliphatic rings. The zero-order chi connectivity index (χ0) is 7.52. The minimum Gasteiger partial charge on any atom is -0.418 e. The number of hydrogen-bond donors (Lipinski definition) is 0. The van der Waals surface area contributed by atoms with Crippen molar-refractivity contribution in [1.29, 1.82) is 0 Å². The SMILES string of the molecule is [Ir].[c-]1nccn1-c1ccccn1. The van der Waals surface area contributed by atoms with Crippen LogP contribution in [0.4, 0.5) is 0 Å². The molecule has 4 heteroatoms. The molecule has 2 rings (SSSR count). The van der Waals surface area contributed by atoms with E-state index in [-0.39, 0.29) is 20.1 Å². The van der Waals surface area contributed by atoms with Crippen LogP contribution in [0.2, 0.25) is 0 Å². The molecule has 63 valence electrons. The molecule has 0 saturated heterocycles. The summed E-state index contributed by atoms with van der Waals surface area (Å²) in [6, 6.07) is 5.70. The van der Waals surface area contributed by atoms with Gasteiger partial charge in [0.2, 0.25) is 0 Å². The van der Waals surface area contributed by atoms with Crippen molar-refractivity contribution in [3.05, 3.63) is 43.1 Å². The Labute approximate surface area is 83.8 Å². The van der Waals surface area contributed by atoms with Gasteiger partial charge in [0.1, 0.15) is 0 Å². The van der Waals surface area contributed by atoms with E-state index < -0.39 is 0 Å². The molecule has 0 saturated carbocycles. The van der Waals surface area contributed by atoms with E-state index in [1.165, 1.54) is 0 Å². The van der Waals surface area contributed by atoms with Gasteiger partial charge in [-0.2, -0.15) is 0 Å². The summed E-state index contributed by atoms with van der Waals surface area (Å²) in [6.07, 6.45) is 7.98. The standard InChI is InChI=1S/C8H6N3.Ir/c1-2-4-10-8(3-1)11-6-5-9-7-11;/h1-6H;/q-1;. The Hall–Kier alpha value is -0.991. The van der Waals surface area contributed by atoms with Gasteiger partial charge in [-0.15, -0.1) is 0 Å². The molecule has 2 aromatic rings. The molecule has 2 heterocycles. The zero-order valence-corrected chi connectivity index (χ0v) is 8.53. The van der Waals surface area contributed by atoms with Crippen LogP contribution in [0.15, 0.2) is 36.8 Å². The van der Waals surface area contributed by atoms with Gasteiger partial charge in [-0.3, -0.25) is 4.98 Å². The fourth-order valence-corrected chi connectivity index (χ4v) is 0.853. The zero-order valence-electron chi connectivity index (χ0n) is 6.14. The predicted molar refractivity (Wildman–Crippen MR) is 40.2 cm³/mol. The van der Waals surface area contributed by atoms with Crippen LogP contribution in [0, 0.1) is 6.33 Å². The Morgan fingerprint density at radius 1 is 1.25 bits per heavy atom. The second kappa shape index (κ2) is 4.14. The fourth-order valence-electron chi connectivity index (χ4n) is 0.853. The molecule has 0 bridgehead atoms. The number of nitrogens with zero attached hydrogens (tertiary/aromatic N) is 3. The predicted octanol–water partition coefficient (Wildman–Crippen LogP) is 1.06. The first-order valence-corrected chi connectivity index (χ1v) is 3.29. The Kier molecular flexibility index (Phi) is 3.14. The first-order valence-electron chi connectivity index (χ1n) is 3.29. The summed E-state index contributed by atoms with van der Waals surface area (Å²) in [5.41, 5.74) is 0. The van der Waals surface area contributed by atoms with Crippen LogP contribution in [-0.2, 0) is 20.1 Å². The monoisotopic (exact) mass is 337 g/mol. The maximum atomic E-state index is 4.11. The Bertz CT molecular complexity index is 317. The summed E-state index contributed by atoms with van der Waals surface area (Å²) in [5.74, 6) is 0.838. The second-order valence-corrected chi connectivity index (χ2v) is 2.09. The minimum atomic E-state index is 0. The Balaban J connectivity index is 0.000000720. The van der Waals surface area contributed by atoms with Gasteiger partial charge in [-0.1, -0.05) is 24.5 Å². The summed E-state index contributed by atoms with van der Waals surface area (Å²) in [7, 11) is 0. The van der Waals surface area contributed by atoms with Gasteiger partial charge in [-0.05, 0) is 6.07 Å². The van der Waals surface area contributed by atoms with Crippen molar-refractivity contribution in [1.82, 2.24) is 14.5 Å². The number of hydrogen-bond acceptors (Lipinski definition) is 2. The van der Waals surface area contributed by atoms with Crippen LogP contribution in [0.1, 0.15) is 0 Å². The molecule has 12 heavy (non-hydrogen) atoms. The molecule has 3 nitrogen and oxygen atoms in total. The topological polar surface area (TPSA) is 30.7 Å². The van der Waals surface area contributed by atoms with Gasteiger partial charge in [-0.25, -0.2) is 0 Å². The molecule has 0 N–H and O–H groups in total. The summed E-state index contributed by atoms with van der Waals surface area (Å²) in [4.78, 5) is 7.91. The normalized spacial score (nSPS) is 9.00. The molecule has 0 aliphatic heterocycles. The number of aromatic nitrogens is 3. The van der Waals surface area contributed by atoms with Crippen LogP contribution in [0.3, 0.4) is 0 Å². The molecule has 1 radical (unpaired) electrons. The maximum Gasteiger partial charge on any atom is 0.0547 e. The summed E-state index contributed by atoms with van der Waals surface area (Å²) >= 11 is 0. The number of pyridine rings is 1. The smallest absolute Gasteiger partial charge is 0.0547 e. The van der Waals surface area contributed by atoms with Gasteiger partial charge in [0, 0.05) is 32.6 Å². The van der Waals surface area contributed by atoms with Crippen molar-refractivity contribution in [2.75, 3.05) is 0 Å². The first-order chi connectivity index (χ1) is 5.47. The maximum absolute atomic E-state index is 4.11. The Morgan fingerprint density at radius 2 is 2.17 bits per heavy atom. The van der Waals surface area contributed by atoms with Crippen LogP contribution < -0.4 is 0 Å². The van der Waals surface area contributed by atoms with Gasteiger partial charge < -0.3 is 9.55 Å². The van der Waals surface area contributed by atoms with Crippen LogP contribution in [0.25, 0.3) is 5.82 Å². The average Bonchev–Trinajstić information content (AvgIpc) is 2.58. The third-order valence-electron chi connectivity index (χ3n) is 1.35. The molecule has 2 aromatic heterocycles. The van der Waals surface area contributed by atoms with Gasteiger partial charge in [0.15, 0.2) is 0 Å². The van der Waals surface area contributed by atoms with Crippen molar-refractivity contribution in [2.45, 2.75) is 0 Å². The van der Waals surface area contributed by atoms with E-state index in [2.05, 4.69) is 16.3 Å². The summed E-state index contributed by atoms with van der Waals surface area (Å²) in [5, 5.41) is 0. The van der Waals surface area contributed by atoms with Crippen molar-refractivity contribution < 1.29 is 20.1 Å². The second-order valence-electron chi connectivity index (χ2n) is 2.09. The molecule has 0 spiro atoms. The van der Waals surface area contributed by atoms with E-state index in [9.17, 15) is 0 Å². The van der Waals surface area contributed by atoms with E-state index >= 15 is 0 Å². The third kappa shape index (κ3) is 1.78. The molecule has 0 unspecified atom stereocenters. The molecule has 0 aromatic carbocycles. The molecule has 0 amide bonds. The van der Waals surface area contributed by atoms with Crippen molar-refractivity contribution in [3.8, 4) is 5.82 Å². The van der Waals surface area contributed by atoms with E-state index in [1.54, 1.807) is 17.0 Å². The van der Waals surface area contributed by atoms with Crippen molar-refractivity contribution in [3.63, 3.8) is 0 Å². The number of rotatable bonds is 1. The van der Waals surface area contributed by atoms with Gasteiger partial charge in [0.25, 0.3) is 0 Å². The largest absolute Gasteiger partial charge is 0.418 e. The van der Waals surface area contributed by atoms with Crippen LogP contribution >= 0.6 is 0 Å². The number of imidazole rings is 1. The Morgan fingerprint density at radius 3 is 2.75 bits per heavy atom. The molecule has 0 fully saturated rings.